The highest BCUT2D eigenvalue weighted by Gasteiger charge is 2.25. The lowest BCUT2D eigenvalue weighted by atomic mass is 9.74. The molecule has 2 atom stereocenters. The van der Waals surface area contributed by atoms with Gasteiger partial charge in [-0.05, 0) is 24.7 Å². The summed E-state index contributed by atoms with van der Waals surface area (Å²) in [4.78, 5) is 0. The highest BCUT2D eigenvalue weighted by atomic mass is 14.3. The zero-order valence-corrected chi connectivity index (χ0v) is 8.73. The molecule has 0 heteroatoms. The highest BCUT2D eigenvalue weighted by molar-refractivity contribution is 4.82. The molecule has 0 spiro atoms. The van der Waals surface area contributed by atoms with Gasteiger partial charge in [-0.3, -0.25) is 0 Å². The molecule has 0 aromatic heterocycles. The fourth-order valence-corrected chi connectivity index (χ4v) is 2.10. The van der Waals surface area contributed by atoms with Crippen LogP contribution in [0.1, 0.15) is 58.8 Å². The van der Waals surface area contributed by atoms with E-state index in [9.17, 15) is 0 Å². The van der Waals surface area contributed by atoms with Gasteiger partial charge in [0.05, 0.1) is 0 Å². The largest absolute Gasteiger partial charge is 0.0620 e. The quantitative estimate of drug-likeness (QED) is 0.507. The minimum Gasteiger partial charge on any atom is -0.0620 e. The number of hydrogen-bond acceptors (Lipinski definition) is 0. The molecule has 1 aliphatic carbocycles. The fraction of sp³-hybridized carbons (Fsp3) is 0.917. The Morgan fingerprint density at radius 3 is 2.42 bits per heavy atom. The molecular formula is C12H23. The van der Waals surface area contributed by atoms with Crippen LogP contribution in [0.2, 0.25) is 0 Å². The molecule has 1 fully saturated rings. The second-order valence-electron chi connectivity index (χ2n) is 4.86. The topological polar surface area (TPSA) is 0 Å². The van der Waals surface area contributed by atoms with E-state index in [0.29, 0.717) is 5.41 Å². The third-order valence-corrected chi connectivity index (χ3v) is 3.57. The van der Waals surface area contributed by atoms with Gasteiger partial charge in [0.25, 0.3) is 0 Å². The molecule has 0 N–H and O–H groups in total. The van der Waals surface area contributed by atoms with Crippen molar-refractivity contribution >= 4 is 0 Å². The second kappa shape index (κ2) is 4.30. The van der Waals surface area contributed by atoms with E-state index in [1.165, 1.54) is 44.9 Å². The summed E-state index contributed by atoms with van der Waals surface area (Å²) in [5.41, 5.74) is 0.352. The van der Waals surface area contributed by atoms with E-state index in [-0.39, 0.29) is 0 Å². The molecule has 71 valence electrons. The minimum absolute atomic E-state index is 0.352. The van der Waals surface area contributed by atoms with Gasteiger partial charge < -0.3 is 0 Å². The molecule has 0 amide bonds. The molecule has 0 aliphatic heterocycles. The van der Waals surface area contributed by atoms with Gasteiger partial charge in [0.1, 0.15) is 0 Å². The first kappa shape index (κ1) is 10.1. The van der Waals surface area contributed by atoms with Gasteiger partial charge in [0.2, 0.25) is 0 Å². The maximum Gasteiger partial charge on any atom is -0.0300 e. The number of hydrogen-bond donors (Lipinski definition) is 0. The molecular weight excluding hydrogens is 144 g/mol. The van der Waals surface area contributed by atoms with Crippen LogP contribution in [0.3, 0.4) is 0 Å². The Bertz CT molecular complexity index is 124. The minimum atomic E-state index is 0.352. The molecule has 1 aliphatic rings. The second-order valence-corrected chi connectivity index (χ2v) is 4.86. The SMILES string of the molecule is [CH2]C1(C)CCCCCCCC1C. The summed E-state index contributed by atoms with van der Waals surface area (Å²) in [6.07, 6.45) is 9.85. The van der Waals surface area contributed by atoms with Crippen LogP contribution in [0.4, 0.5) is 0 Å². The van der Waals surface area contributed by atoms with Crippen LogP contribution < -0.4 is 0 Å². The summed E-state index contributed by atoms with van der Waals surface area (Å²) in [7, 11) is 0. The van der Waals surface area contributed by atoms with E-state index in [2.05, 4.69) is 20.8 Å². The van der Waals surface area contributed by atoms with Crippen LogP contribution in [0.15, 0.2) is 0 Å². The lowest BCUT2D eigenvalue weighted by Crippen LogP contribution is -2.21. The average Bonchev–Trinajstić information content (AvgIpc) is 2.06. The monoisotopic (exact) mass is 167 g/mol. The van der Waals surface area contributed by atoms with Gasteiger partial charge in [-0.1, -0.05) is 52.4 Å². The normalized spacial score (nSPS) is 31.8. The van der Waals surface area contributed by atoms with E-state index < -0.39 is 0 Å². The molecule has 0 saturated heterocycles. The van der Waals surface area contributed by atoms with E-state index in [1.807, 2.05) is 0 Å². The summed E-state index contributed by atoms with van der Waals surface area (Å²) in [5.74, 6) is 0.815. The molecule has 2 unspecified atom stereocenters. The molecule has 0 bridgehead atoms. The molecule has 1 rings (SSSR count). The highest BCUT2D eigenvalue weighted by Crippen LogP contribution is 2.36. The lowest BCUT2D eigenvalue weighted by molar-refractivity contribution is 0.234. The molecule has 0 aromatic carbocycles. The van der Waals surface area contributed by atoms with Crippen molar-refractivity contribution in [2.24, 2.45) is 11.3 Å². The lowest BCUT2D eigenvalue weighted by Gasteiger charge is -2.31. The molecule has 0 aromatic rings. The van der Waals surface area contributed by atoms with Crippen LogP contribution in [0, 0.1) is 18.3 Å². The van der Waals surface area contributed by atoms with E-state index in [4.69, 9.17) is 0 Å². The zero-order valence-electron chi connectivity index (χ0n) is 8.73. The van der Waals surface area contributed by atoms with Crippen molar-refractivity contribution < 1.29 is 0 Å². The Morgan fingerprint density at radius 2 is 1.67 bits per heavy atom. The van der Waals surface area contributed by atoms with Gasteiger partial charge >= 0.3 is 0 Å². The zero-order chi connectivity index (χ0) is 9.03. The van der Waals surface area contributed by atoms with Crippen molar-refractivity contribution in [1.29, 1.82) is 0 Å². The van der Waals surface area contributed by atoms with Gasteiger partial charge in [-0.2, -0.15) is 0 Å². The van der Waals surface area contributed by atoms with Gasteiger partial charge in [-0.15, -0.1) is 0 Å². The first-order chi connectivity index (χ1) is 5.63. The maximum atomic E-state index is 4.35. The van der Waals surface area contributed by atoms with Crippen molar-refractivity contribution in [2.75, 3.05) is 0 Å². The van der Waals surface area contributed by atoms with E-state index >= 15 is 0 Å². The third kappa shape index (κ3) is 2.80. The Morgan fingerprint density at radius 1 is 1.08 bits per heavy atom. The Kier molecular flexibility index (Phi) is 3.61. The molecule has 0 nitrogen and oxygen atoms in total. The summed E-state index contributed by atoms with van der Waals surface area (Å²) < 4.78 is 0. The summed E-state index contributed by atoms with van der Waals surface area (Å²) in [5, 5.41) is 0. The van der Waals surface area contributed by atoms with Crippen LogP contribution in [-0.4, -0.2) is 0 Å². The smallest absolute Gasteiger partial charge is 0.0300 e. The first-order valence-electron chi connectivity index (χ1n) is 5.48. The van der Waals surface area contributed by atoms with Crippen molar-refractivity contribution in [1.82, 2.24) is 0 Å². The van der Waals surface area contributed by atoms with Crippen molar-refractivity contribution in [3.63, 3.8) is 0 Å². The molecule has 1 radical (unpaired) electrons. The summed E-state index contributed by atoms with van der Waals surface area (Å²) in [6, 6.07) is 0. The Hall–Kier alpha value is 0. The average molecular weight is 167 g/mol. The van der Waals surface area contributed by atoms with Gasteiger partial charge in [0.15, 0.2) is 0 Å². The third-order valence-electron chi connectivity index (χ3n) is 3.57. The molecule has 0 heterocycles. The van der Waals surface area contributed by atoms with Gasteiger partial charge in [-0.25, -0.2) is 0 Å². The van der Waals surface area contributed by atoms with E-state index in [1.54, 1.807) is 0 Å². The predicted molar refractivity (Wildman–Crippen MR) is 54.9 cm³/mol. The van der Waals surface area contributed by atoms with Crippen LogP contribution in [-0.2, 0) is 0 Å². The van der Waals surface area contributed by atoms with Crippen molar-refractivity contribution in [3.05, 3.63) is 6.92 Å². The van der Waals surface area contributed by atoms with Gasteiger partial charge in [0, 0.05) is 0 Å². The Labute approximate surface area is 77.7 Å². The summed E-state index contributed by atoms with van der Waals surface area (Å²) >= 11 is 0. The molecule has 12 heavy (non-hydrogen) atoms. The van der Waals surface area contributed by atoms with Crippen molar-refractivity contribution in [2.45, 2.75) is 58.8 Å². The maximum absolute atomic E-state index is 4.35. The van der Waals surface area contributed by atoms with Crippen LogP contribution in [0.5, 0.6) is 0 Å². The Balaban J connectivity index is 2.47. The summed E-state index contributed by atoms with van der Waals surface area (Å²) in [6.45, 7) is 9.06. The predicted octanol–water partition coefficient (Wildman–Crippen LogP) is 4.21. The number of rotatable bonds is 0. The van der Waals surface area contributed by atoms with E-state index in [0.717, 1.165) is 5.92 Å². The molecule has 1 saturated carbocycles. The van der Waals surface area contributed by atoms with Crippen molar-refractivity contribution in [3.8, 4) is 0 Å². The first-order valence-corrected chi connectivity index (χ1v) is 5.48. The van der Waals surface area contributed by atoms with Crippen LogP contribution in [0.25, 0.3) is 0 Å². The standard InChI is InChI=1S/C12H23/c1-11-9-7-5-4-6-8-10-12(11,2)3/h11H,2,4-10H2,1,3H3. The fourth-order valence-electron chi connectivity index (χ4n) is 2.10. The van der Waals surface area contributed by atoms with Crippen LogP contribution >= 0.6 is 0 Å².